The molecule has 2 aromatic heterocycles. The lowest BCUT2D eigenvalue weighted by molar-refractivity contribution is -0.383. The molecule has 1 aromatic carbocycles. The second kappa shape index (κ2) is 10.2. The summed E-state index contributed by atoms with van der Waals surface area (Å²) in [5.74, 6) is 0.609. The van der Waals surface area contributed by atoms with Crippen LogP contribution in [0.4, 0.5) is 16.2 Å². The van der Waals surface area contributed by atoms with Crippen molar-refractivity contribution in [1.82, 2.24) is 19.5 Å². The molecule has 11 heteroatoms. The van der Waals surface area contributed by atoms with Gasteiger partial charge in [-0.2, -0.15) is 5.10 Å². The van der Waals surface area contributed by atoms with Crippen LogP contribution >= 0.6 is 0 Å². The van der Waals surface area contributed by atoms with Crippen molar-refractivity contribution in [2.75, 3.05) is 25.5 Å². The molecule has 0 radical (unpaired) electrons. The SMILES string of the molecule is COc1cc(-c2cc([N+](=O)[O-])c(N[C@H]3CCCN(C(=O)OC(C)(C)C)C3)cc2C(C)C)cn2ncnc12. The maximum absolute atomic E-state index is 12.6. The molecule has 4 rings (SSSR count). The molecule has 1 fully saturated rings. The van der Waals surface area contributed by atoms with E-state index in [4.69, 9.17) is 9.47 Å². The predicted octanol–water partition coefficient (Wildman–Crippen LogP) is 5.25. The minimum atomic E-state index is -0.587. The van der Waals surface area contributed by atoms with E-state index in [9.17, 15) is 14.9 Å². The van der Waals surface area contributed by atoms with Crippen LogP contribution in [-0.2, 0) is 4.74 Å². The number of methoxy groups -OCH3 is 1. The van der Waals surface area contributed by atoms with Crippen LogP contribution in [-0.4, -0.2) is 62.4 Å². The summed E-state index contributed by atoms with van der Waals surface area (Å²) in [4.78, 5) is 30.3. The molecule has 3 heterocycles. The Balaban J connectivity index is 1.69. The number of nitro benzene ring substituents is 1. The molecule has 0 saturated carbocycles. The summed E-state index contributed by atoms with van der Waals surface area (Å²) in [7, 11) is 1.55. The number of hydrogen-bond donors (Lipinski definition) is 1. The topological polar surface area (TPSA) is 124 Å². The Bertz CT molecular complexity index is 1310. The van der Waals surface area contributed by atoms with E-state index in [2.05, 4.69) is 15.4 Å². The van der Waals surface area contributed by atoms with E-state index in [1.165, 1.54) is 6.33 Å². The van der Waals surface area contributed by atoms with Gasteiger partial charge in [-0.05, 0) is 62.8 Å². The Morgan fingerprint density at radius 2 is 2.03 bits per heavy atom. The quantitative estimate of drug-likeness (QED) is 0.352. The highest BCUT2D eigenvalue weighted by molar-refractivity contribution is 5.79. The molecule has 3 aromatic rings. The largest absolute Gasteiger partial charge is 0.493 e. The molecule has 1 aliphatic rings. The first-order valence-electron chi connectivity index (χ1n) is 12.4. The number of amides is 1. The van der Waals surface area contributed by atoms with Crippen LogP contribution in [0.5, 0.6) is 5.75 Å². The number of aromatic nitrogens is 3. The summed E-state index contributed by atoms with van der Waals surface area (Å²) in [6, 6.07) is 5.13. The Labute approximate surface area is 215 Å². The van der Waals surface area contributed by atoms with Crippen LogP contribution in [0.1, 0.15) is 58.9 Å². The molecule has 1 aliphatic heterocycles. The van der Waals surface area contributed by atoms with E-state index in [-0.39, 0.29) is 28.7 Å². The fourth-order valence-electron chi connectivity index (χ4n) is 4.60. The van der Waals surface area contributed by atoms with Gasteiger partial charge in [0.2, 0.25) is 0 Å². The monoisotopic (exact) mass is 510 g/mol. The number of carbonyl (C=O) groups is 1. The lowest BCUT2D eigenvalue weighted by atomic mass is 9.91. The number of fused-ring (bicyclic) bond motifs is 1. The van der Waals surface area contributed by atoms with Gasteiger partial charge in [0.05, 0.1) is 12.0 Å². The molecular formula is C26H34N6O5. The van der Waals surface area contributed by atoms with Crippen LogP contribution in [0, 0.1) is 10.1 Å². The summed E-state index contributed by atoms with van der Waals surface area (Å²) < 4.78 is 12.6. The van der Waals surface area contributed by atoms with Crippen LogP contribution in [0.2, 0.25) is 0 Å². The lowest BCUT2D eigenvalue weighted by Gasteiger charge is -2.34. The van der Waals surface area contributed by atoms with Gasteiger partial charge in [-0.3, -0.25) is 10.1 Å². The third-order valence-corrected chi connectivity index (χ3v) is 6.29. The van der Waals surface area contributed by atoms with E-state index in [0.717, 1.165) is 29.5 Å². The van der Waals surface area contributed by atoms with E-state index in [1.807, 2.05) is 46.8 Å². The molecule has 1 saturated heterocycles. The van der Waals surface area contributed by atoms with Crippen molar-refractivity contribution >= 4 is 23.1 Å². The predicted molar refractivity (Wildman–Crippen MR) is 140 cm³/mol. The number of piperidine rings is 1. The molecule has 11 nitrogen and oxygen atoms in total. The third kappa shape index (κ3) is 5.76. The average molecular weight is 511 g/mol. The highest BCUT2D eigenvalue weighted by atomic mass is 16.6. The fourth-order valence-corrected chi connectivity index (χ4v) is 4.60. The van der Waals surface area contributed by atoms with Crippen LogP contribution in [0.15, 0.2) is 30.7 Å². The summed E-state index contributed by atoms with van der Waals surface area (Å²) in [6.45, 7) is 10.6. The first-order valence-corrected chi connectivity index (χ1v) is 12.4. The van der Waals surface area contributed by atoms with E-state index in [0.29, 0.717) is 30.2 Å². The second-order valence-corrected chi connectivity index (χ2v) is 10.6. The minimum Gasteiger partial charge on any atom is -0.493 e. The van der Waals surface area contributed by atoms with Gasteiger partial charge >= 0.3 is 6.09 Å². The molecule has 0 bridgehead atoms. The Hall–Kier alpha value is -3.89. The van der Waals surface area contributed by atoms with Crippen molar-refractivity contribution in [3.8, 4) is 16.9 Å². The van der Waals surface area contributed by atoms with Crippen molar-refractivity contribution in [1.29, 1.82) is 0 Å². The summed E-state index contributed by atoms with van der Waals surface area (Å²) >= 11 is 0. The Kier molecular flexibility index (Phi) is 7.24. The van der Waals surface area contributed by atoms with Gasteiger partial charge < -0.3 is 19.7 Å². The number of nitro groups is 1. The van der Waals surface area contributed by atoms with Crippen molar-refractivity contribution < 1.29 is 19.2 Å². The number of hydrogen-bond acceptors (Lipinski definition) is 8. The molecule has 0 aliphatic carbocycles. The zero-order valence-corrected chi connectivity index (χ0v) is 22.1. The smallest absolute Gasteiger partial charge is 0.410 e. The fraction of sp³-hybridized carbons (Fsp3) is 0.500. The molecule has 198 valence electrons. The highest BCUT2D eigenvalue weighted by Gasteiger charge is 2.30. The van der Waals surface area contributed by atoms with Gasteiger partial charge in [-0.15, -0.1) is 0 Å². The van der Waals surface area contributed by atoms with Crippen LogP contribution in [0.25, 0.3) is 16.8 Å². The van der Waals surface area contributed by atoms with Gasteiger partial charge in [0.1, 0.15) is 17.6 Å². The molecule has 1 atom stereocenters. The van der Waals surface area contributed by atoms with E-state index in [1.54, 1.807) is 28.8 Å². The number of pyridine rings is 1. The minimum absolute atomic E-state index is 0.0357. The zero-order chi connectivity index (χ0) is 26.9. The second-order valence-electron chi connectivity index (χ2n) is 10.6. The van der Waals surface area contributed by atoms with E-state index >= 15 is 0 Å². The number of rotatable bonds is 6. The van der Waals surface area contributed by atoms with Gasteiger partial charge in [-0.25, -0.2) is 14.3 Å². The van der Waals surface area contributed by atoms with Crippen molar-refractivity contribution in [3.63, 3.8) is 0 Å². The maximum atomic E-state index is 12.6. The van der Waals surface area contributed by atoms with E-state index < -0.39 is 5.60 Å². The van der Waals surface area contributed by atoms with Gasteiger partial charge in [0, 0.05) is 37.0 Å². The lowest BCUT2D eigenvalue weighted by Crippen LogP contribution is -2.47. The Morgan fingerprint density at radius 3 is 2.68 bits per heavy atom. The number of ether oxygens (including phenoxy) is 2. The molecule has 1 N–H and O–H groups in total. The van der Waals surface area contributed by atoms with Gasteiger partial charge in [0.25, 0.3) is 5.69 Å². The molecule has 0 spiro atoms. The van der Waals surface area contributed by atoms with Crippen molar-refractivity contribution in [3.05, 3.63) is 46.4 Å². The summed E-state index contributed by atoms with van der Waals surface area (Å²) in [5, 5.41) is 19.8. The van der Waals surface area contributed by atoms with Crippen LogP contribution in [0.3, 0.4) is 0 Å². The molecular weight excluding hydrogens is 476 g/mol. The number of benzene rings is 1. The summed E-state index contributed by atoms with van der Waals surface area (Å²) in [6.07, 6.45) is 4.42. The van der Waals surface area contributed by atoms with Crippen LogP contribution < -0.4 is 10.1 Å². The van der Waals surface area contributed by atoms with Gasteiger partial charge in [0.15, 0.2) is 11.4 Å². The number of nitrogens with one attached hydrogen (secondary N) is 1. The number of carbonyl (C=O) groups excluding carboxylic acids is 1. The molecule has 0 unspecified atom stereocenters. The normalized spacial score (nSPS) is 16.2. The van der Waals surface area contributed by atoms with Crippen molar-refractivity contribution in [2.45, 2.75) is 65.0 Å². The maximum Gasteiger partial charge on any atom is 0.410 e. The zero-order valence-electron chi connectivity index (χ0n) is 22.1. The standard InChI is InChI=1S/C26H34N6O5/c1-16(2)19-11-21(29-18-8-7-9-30(14-18)25(33)37-26(3,4)5)22(32(34)35)12-20(19)17-10-23(36-6)24-27-15-28-31(24)13-17/h10-13,15-16,18,29H,7-9,14H2,1-6H3/t18-/m0/s1. The number of nitrogens with zero attached hydrogens (tertiary/aromatic N) is 5. The highest BCUT2D eigenvalue weighted by Crippen LogP contribution is 2.39. The molecule has 1 amide bonds. The summed E-state index contributed by atoms with van der Waals surface area (Å²) in [5.41, 5.74) is 2.78. The number of anilines is 1. The third-order valence-electron chi connectivity index (χ3n) is 6.29. The first kappa shape index (κ1) is 26.2. The number of likely N-dealkylation sites (tertiary alicyclic amines) is 1. The Morgan fingerprint density at radius 1 is 1.27 bits per heavy atom. The van der Waals surface area contributed by atoms with Gasteiger partial charge in [-0.1, -0.05) is 13.8 Å². The molecule has 37 heavy (non-hydrogen) atoms. The first-order chi connectivity index (χ1) is 17.5. The van der Waals surface area contributed by atoms with Crippen molar-refractivity contribution in [2.24, 2.45) is 0 Å². The average Bonchev–Trinajstić information content (AvgIpc) is 3.31.